The maximum atomic E-state index is 12.0. The fraction of sp³-hybridized carbons (Fsp3) is 0.733. The first-order chi connectivity index (χ1) is 9.76. The third kappa shape index (κ3) is 4.20. The van der Waals surface area contributed by atoms with E-state index in [1.807, 2.05) is 38.6 Å². The molecule has 0 spiro atoms. The van der Waals surface area contributed by atoms with Crippen molar-refractivity contribution in [3.63, 3.8) is 0 Å². The molecule has 6 heteroatoms. The van der Waals surface area contributed by atoms with Crippen LogP contribution in [0, 0.1) is 5.92 Å². The fourth-order valence-corrected chi connectivity index (χ4v) is 2.61. The van der Waals surface area contributed by atoms with E-state index in [4.69, 9.17) is 10.5 Å². The van der Waals surface area contributed by atoms with E-state index in [9.17, 15) is 4.79 Å². The first-order valence-corrected chi connectivity index (χ1v) is 7.47. The SMILES string of the molecule is Cn1cnc(C(N)C2CCN(C(=O)OC(C)(C)C)CC2)c1. The van der Waals surface area contributed by atoms with Gasteiger partial charge in [0.25, 0.3) is 0 Å². The number of hydrogen-bond donors (Lipinski definition) is 1. The number of rotatable bonds is 2. The topological polar surface area (TPSA) is 73.4 Å². The molecule has 1 aromatic rings. The summed E-state index contributed by atoms with van der Waals surface area (Å²) in [6, 6.07) is -0.0630. The van der Waals surface area contributed by atoms with Gasteiger partial charge in [0.1, 0.15) is 5.60 Å². The number of nitrogens with zero attached hydrogens (tertiary/aromatic N) is 3. The van der Waals surface area contributed by atoms with Gasteiger partial charge in [-0.05, 0) is 39.5 Å². The summed E-state index contributed by atoms with van der Waals surface area (Å²) in [6.07, 6.45) is 5.27. The van der Waals surface area contributed by atoms with Gasteiger partial charge >= 0.3 is 6.09 Å². The van der Waals surface area contributed by atoms with E-state index < -0.39 is 5.60 Å². The Labute approximate surface area is 126 Å². The van der Waals surface area contributed by atoms with Crippen molar-refractivity contribution in [3.8, 4) is 0 Å². The number of amides is 1. The zero-order chi connectivity index (χ0) is 15.6. The van der Waals surface area contributed by atoms with Crippen LogP contribution >= 0.6 is 0 Å². The van der Waals surface area contributed by atoms with Crippen molar-refractivity contribution in [2.24, 2.45) is 18.7 Å². The molecule has 1 amide bonds. The van der Waals surface area contributed by atoms with E-state index in [-0.39, 0.29) is 12.1 Å². The van der Waals surface area contributed by atoms with E-state index in [1.165, 1.54) is 0 Å². The monoisotopic (exact) mass is 294 g/mol. The lowest BCUT2D eigenvalue weighted by atomic mass is 9.88. The third-order valence-corrected chi connectivity index (χ3v) is 3.77. The maximum Gasteiger partial charge on any atom is 0.410 e. The van der Waals surface area contributed by atoms with Gasteiger partial charge in [-0.15, -0.1) is 0 Å². The van der Waals surface area contributed by atoms with Gasteiger partial charge in [0.2, 0.25) is 0 Å². The Morgan fingerprint density at radius 2 is 2.05 bits per heavy atom. The summed E-state index contributed by atoms with van der Waals surface area (Å²) in [5.41, 5.74) is 6.77. The summed E-state index contributed by atoms with van der Waals surface area (Å²) < 4.78 is 7.31. The number of ether oxygens (including phenoxy) is 1. The van der Waals surface area contributed by atoms with Crippen molar-refractivity contribution < 1.29 is 9.53 Å². The van der Waals surface area contributed by atoms with E-state index in [2.05, 4.69) is 4.98 Å². The number of piperidine rings is 1. The first-order valence-electron chi connectivity index (χ1n) is 7.47. The van der Waals surface area contributed by atoms with Gasteiger partial charge in [0.15, 0.2) is 0 Å². The molecule has 0 bridgehead atoms. The minimum absolute atomic E-state index is 0.0630. The summed E-state index contributed by atoms with van der Waals surface area (Å²) >= 11 is 0. The molecule has 1 unspecified atom stereocenters. The molecule has 1 atom stereocenters. The number of hydrogen-bond acceptors (Lipinski definition) is 4. The van der Waals surface area contributed by atoms with Crippen molar-refractivity contribution in [1.82, 2.24) is 14.5 Å². The van der Waals surface area contributed by atoms with Crippen LogP contribution in [0.25, 0.3) is 0 Å². The molecular weight excluding hydrogens is 268 g/mol. The zero-order valence-corrected chi connectivity index (χ0v) is 13.4. The van der Waals surface area contributed by atoms with Gasteiger partial charge in [-0.25, -0.2) is 9.78 Å². The number of nitrogens with two attached hydrogens (primary N) is 1. The second kappa shape index (κ2) is 6.05. The summed E-state index contributed by atoms with van der Waals surface area (Å²) in [5, 5.41) is 0. The average Bonchev–Trinajstić information content (AvgIpc) is 2.83. The van der Waals surface area contributed by atoms with Crippen molar-refractivity contribution in [1.29, 1.82) is 0 Å². The highest BCUT2D eigenvalue weighted by Crippen LogP contribution is 2.28. The number of aromatic nitrogens is 2. The molecular formula is C15H26N4O2. The first kappa shape index (κ1) is 15.8. The second-order valence-electron chi connectivity index (χ2n) is 6.79. The fourth-order valence-electron chi connectivity index (χ4n) is 2.61. The van der Waals surface area contributed by atoms with Crippen LogP contribution in [0.15, 0.2) is 12.5 Å². The molecule has 1 aromatic heterocycles. The van der Waals surface area contributed by atoms with Crippen molar-refractivity contribution in [2.75, 3.05) is 13.1 Å². The van der Waals surface area contributed by atoms with E-state index >= 15 is 0 Å². The van der Waals surface area contributed by atoms with Gasteiger partial charge in [-0.3, -0.25) is 0 Å². The Hall–Kier alpha value is -1.56. The molecule has 0 radical (unpaired) electrons. The Morgan fingerprint density at radius 3 is 2.52 bits per heavy atom. The largest absolute Gasteiger partial charge is 0.444 e. The lowest BCUT2D eigenvalue weighted by Gasteiger charge is -2.35. The minimum atomic E-state index is -0.446. The molecule has 0 aliphatic carbocycles. The molecule has 2 N–H and O–H groups in total. The number of aryl methyl sites for hydroxylation is 1. The number of imidazole rings is 1. The summed E-state index contributed by atoms with van der Waals surface area (Å²) in [7, 11) is 1.94. The van der Waals surface area contributed by atoms with E-state index in [0.29, 0.717) is 19.0 Å². The van der Waals surface area contributed by atoms with Crippen LogP contribution in [0.1, 0.15) is 45.3 Å². The highest BCUT2D eigenvalue weighted by molar-refractivity contribution is 5.68. The highest BCUT2D eigenvalue weighted by atomic mass is 16.6. The van der Waals surface area contributed by atoms with Crippen molar-refractivity contribution in [3.05, 3.63) is 18.2 Å². The molecule has 118 valence electrons. The molecule has 0 saturated carbocycles. The predicted molar refractivity (Wildman–Crippen MR) is 80.7 cm³/mol. The lowest BCUT2D eigenvalue weighted by Crippen LogP contribution is -2.43. The quantitative estimate of drug-likeness (QED) is 0.906. The van der Waals surface area contributed by atoms with Crippen molar-refractivity contribution in [2.45, 2.75) is 45.3 Å². The Morgan fingerprint density at radius 1 is 1.43 bits per heavy atom. The normalized spacial score (nSPS) is 18.6. The van der Waals surface area contributed by atoms with E-state index in [0.717, 1.165) is 18.5 Å². The average molecular weight is 294 g/mol. The number of carbonyl (C=O) groups excluding carboxylic acids is 1. The maximum absolute atomic E-state index is 12.0. The molecule has 6 nitrogen and oxygen atoms in total. The Kier molecular flexibility index (Phi) is 4.56. The van der Waals surface area contributed by atoms with Crippen LogP contribution < -0.4 is 5.73 Å². The standard InChI is InChI=1S/C15H26N4O2/c1-15(2,3)21-14(20)19-7-5-11(6-8-19)13(16)12-9-18(4)10-17-12/h9-11,13H,5-8,16H2,1-4H3. The van der Waals surface area contributed by atoms with E-state index in [1.54, 1.807) is 11.2 Å². The number of likely N-dealkylation sites (tertiary alicyclic amines) is 1. The van der Waals surface area contributed by atoms with Gasteiger partial charge in [0, 0.05) is 26.3 Å². The number of carbonyl (C=O) groups is 1. The second-order valence-corrected chi connectivity index (χ2v) is 6.79. The van der Waals surface area contributed by atoms with Crippen LogP contribution in [0.4, 0.5) is 4.79 Å². The minimum Gasteiger partial charge on any atom is -0.444 e. The molecule has 2 heterocycles. The summed E-state index contributed by atoms with van der Waals surface area (Å²) in [4.78, 5) is 18.1. The molecule has 1 saturated heterocycles. The van der Waals surface area contributed by atoms with Gasteiger partial charge < -0.3 is 19.9 Å². The van der Waals surface area contributed by atoms with Gasteiger partial charge in [0.05, 0.1) is 18.1 Å². The highest BCUT2D eigenvalue weighted by Gasteiger charge is 2.30. The van der Waals surface area contributed by atoms with Crippen LogP contribution in [0.5, 0.6) is 0 Å². The van der Waals surface area contributed by atoms with Crippen molar-refractivity contribution >= 4 is 6.09 Å². The molecule has 1 fully saturated rings. The smallest absolute Gasteiger partial charge is 0.410 e. The van der Waals surface area contributed by atoms with Crippen LogP contribution in [-0.2, 0) is 11.8 Å². The van der Waals surface area contributed by atoms with Crippen LogP contribution in [0.2, 0.25) is 0 Å². The third-order valence-electron chi connectivity index (χ3n) is 3.77. The lowest BCUT2D eigenvalue weighted by molar-refractivity contribution is 0.0174. The van der Waals surface area contributed by atoms with Gasteiger partial charge in [-0.2, -0.15) is 0 Å². The van der Waals surface area contributed by atoms with Crippen LogP contribution in [0.3, 0.4) is 0 Å². The predicted octanol–water partition coefficient (Wildman–Crippen LogP) is 2.07. The molecule has 21 heavy (non-hydrogen) atoms. The molecule has 0 aromatic carbocycles. The Bertz CT molecular complexity index is 484. The Balaban J connectivity index is 1.87. The summed E-state index contributed by atoms with van der Waals surface area (Å²) in [6.45, 7) is 7.04. The molecule has 1 aliphatic heterocycles. The molecule has 2 rings (SSSR count). The van der Waals surface area contributed by atoms with Gasteiger partial charge in [-0.1, -0.05) is 0 Å². The van der Waals surface area contributed by atoms with Crippen LogP contribution in [-0.4, -0.2) is 39.2 Å². The summed E-state index contributed by atoms with van der Waals surface area (Å²) in [5.74, 6) is 0.360. The zero-order valence-electron chi connectivity index (χ0n) is 13.4. The molecule has 1 aliphatic rings.